The number of nitrogens with zero attached hydrogens (tertiary/aromatic N) is 5. The molecule has 30 heavy (non-hydrogen) atoms. The molecule has 7 nitrogen and oxygen atoms in total. The molecule has 1 fully saturated rings. The van der Waals surface area contributed by atoms with Gasteiger partial charge in [0.25, 0.3) is 10.2 Å². The SMILES string of the molecule is Cc1nc([C@@H]2CCCN2S(=O)(=O)N(C)C)nc2c1CCCN2Cc1ccc(F)cc1. The van der Waals surface area contributed by atoms with E-state index in [0.717, 1.165) is 48.4 Å². The molecule has 0 unspecified atom stereocenters. The predicted octanol–water partition coefficient (Wildman–Crippen LogP) is 2.82. The van der Waals surface area contributed by atoms with Crippen molar-refractivity contribution in [2.24, 2.45) is 0 Å². The van der Waals surface area contributed by atoms with Crippen LogP contribution in [-0.4, -0.2) is 54.2 Å². The van der Waals surface area contributed by atoms with E-state index in [4.69, 9.17) is 9.97 Å². The first-order valence-electron chi connectivity index (χ1n) is 10.3. The quantitative estimate of drug-likeness (QED) is 0.725. The molecule has 0 spiro atoms. The van der Waals surface area contributed by atoms with Gasteiger partial charge in [0.2, 0.25) is 0 Å². The summed E-state index contributed by atoms with van der Waals surface area (Å²) < 4.78 is 41.6. The lowest BCUT2D eigenvalue weighted by atomic mass is 10.0. The van der Waals surface area contributed by atoms with Gasteiger partial charge in [-0.1, -0.05) is 12.1 Å². The topological polar surface area (TPSA) is 69.6 Å². The Morgan fingerprint density at radius 1 is 1.13 bits per heavy atom. The van der Waals surface area contributed by atoms with Crippen LogP contribution in [0.4, 0.5) is 10.2 Å². The molecule has 0 saturated carbocycles. The van der Waals surface area contributed by atoms with E-state index in [1.807, 2.05) is 6.92 Å². The molecular weight excluding hydrogens is 405 g/mol. The molecule has 3 heterocycles. The van der Waals surface area contributed by atoms with Gasteiger partial charge in [0.05, 0.1) is 6.04 Å². The third kappa shape index (κ3) is 3.93. The Bertz CT molecular complexity index is 1030. The number of hydrogen-bond acceptors (Lipinski definition) is 5. The van der Waals surface area contributed by atoms with Crippen LogP contribution in [0.3, 0.4) is 0 Å². The summed E-state index contributed by atoms with van der Waals surface area (Å²) in [4.78, 5) is 11.8. The normalized spacial score (nSPS) is 20.0. The van der Waals surface area contributed by atoms with E-state index in [1.54, 1.807) is 26.2 Å². The second-order valence-electron chi connectivity index (χ2n) is 8.18. The van der Waals surface area contributed by atoms with Gasteiger partial charge in [-0.2, -0.15) is 17.0 Å². The minimum atomic E-state index is -3.54. The van der Waals surface area contributed by atoms with E-state index in [2.05, 4.69) is 4.90 Å². The van der Waals surface area contributed by atoms with Crippen molar-refractivity contribution in [3.63, 3.8) is 0 Å². The van der Waals surface area contributed by atoms with E-state index in [0.29, 0.717) is 25.3 Å². The van der Waals surface area contributed by atoms with Crippen LogP contribution < -0.4 is 4.90 Å². The van der Waals surface area contributed by atoms with Crippen LogP contribution >= 0.6 is 0 Å². The van der Waals surface area contributed by atoms with Crippen LogP contribution in [0.5, 0.6) is 0 Å². The summed E-state index contributed by atoms with van der Waals surface area (Å²) in [7, 11) is -0.437. The number of anilines is 1. The molecule has 2 aliphatic heterocycles. The minimum absolute atomic E-state index is 0.248. The Balaban J connectivity index is 1.69. The molecule has 1 aromatic heterocycles. The molecule has 4 rings (SSSR count). The van der Waals surface area contributed by atoms with Crippen molar-refractivity contribution >= 4 is 16.0 Å². The van der Waals surface area contributed by atoms with Crippen molar-refractivity contribution in [3.05, 3.63) is 52.7 Å². The number of benzene rings is 1. The summed E-state index contributed by atoms with van der Waals surface area (Å²) in [6.45, 7) is 3.94. The van der Waals surface area contributed by atoms with Crippen LogP contribution in [0, 0.1) is 12.7 Å². The molecule has 0 aliphatic carbocycles. The standard InChI is InChI=1S/C21H28FN5O2S/c1-15-18-6-4-12-26(14-16-8-10-17(22)11-9-16)21(18)24-20(23-15)19-7-5-13-27(19)30(28,29)25(2)3/h8-11,19H,4-7,12-14H2,1-3H3/t19-/m0/s1. The molecule has 9 heteroatoms. The molecule has 0 amide bonds. The second kappa shape index (κ2) is 8.20. The summed E-state index contributed by atoms with van der Waals surface area (Å²) in [6.07, 6.45) is 3.41. The molecule has 2 aromatic rings. The number of halogens is 1. The maximum atomic E-state index is 13.3. The monoisotopic (exact) mass is 433 g/mol. The van der Waals surface area contributed by atoms with Crippen molar-refractivity contribution in [1.29, 1.82) is 0 Å². The van der Waals surface area contributed by atoms with E-state index in [9.17, 15) is 12.8 Å². The fourth-order valence-corrected chi connectivity index (χ4v) is 5.61. The average Bonchev–Trinajstić information content (AvgIpc) is 3.21. The Morgan fingerprint density at radius 3 is 2.57 bits per heavy atom. The summed E-state index contributed by atoms with van der Waals surface area (Å²) in [5, 5.41) is 0. The van der Waals surface area contributed by atoms with Gasteiger partial charge in [-0.25, -0.2) is 14.4 Å². The molecule has 0 bridgehead atoms. The van der Waals surface area contributed by atoms with Crippen LogP contribution in [0.15, 0.2) is 24.3 Å². The lowest BCUT2D eigenvalue weighted by Crippen LogP contribution is -2.40. The summed E-state index contributed by atoms with van der Waals surface area (Å²) in [5.74, 6) is 1.20. The van der Waals surface area contributed by atoms with Gasteiger partial charge in [0.1, 0.15) is 17.5 Å². The first-order valence-corrected chi connectivity index (χ1v) is 11.7. The highest BCUT2D eigenvalue weighted by atomic mass is 32.2. The zero-order chi connectivity index (χ0) is 21.5. The van der Waals surface area contributed by atoms with Crippen molar-refractivity contribution in [2.45, 2.75) is 45.2 Å². The summed E-state index contributed by atoms with van der Waals surface area (Å²) in [6, 6.07) is 6.18. The van der Waals surface area contributed by atoms with Gasteiger partial charge in [0.15, 0.2) is 0 Å². The van der Waals surface area contributed by atoms with Crippen molar-refractivity contribution in [1.82, 2.24) is 18.6 Å². The van der Waals surface area contributed by atoms with Crippen molar-refractivity contribution < 1.29 is 12.8 Å². The first-order chi connectivity index (χ1) is 14.3. The van der Waals surface area contributed by atoms with Gasteiger partial charge >= 0.3 is 0 Å². The van der Waals surface area contributed by atoms with Crippen molar-refractivity contribution in [3.8, 4) is 0 Å². The highest BCUT2D eigenvalue weighted by molar-refractivity contribution is 7.86. The second-order valence-corrected chi connectivity index (χ2v) is 10.3. The van der Waals surface area contributed by atoms with Gasteiger partial charge in [-0.15, -0.1) is 0 Å². The number of aryl methyl sites for hydroxylation is 1. The number of aromatic nitrogens is 2. The van der Waals surface area contributed by atoms with E-state index in [1.165, 1.54) is 20.7 Å². The molecule has 0 radical (unpaired) electrons. The summed E-state index contributed by atoms with van der Waals surface area (Å²) >= 11 is 0. The molecule has 1 saturated heterocycles. The van der Waals surface area contributed by atoms with Gasteiger partial charge in [0, 0.05) is 45.0 Å². The Morgan fingerprint density at radius 2 is 1.87 bits per heavy atom. The fourth-order valence-electron chi connectivity index (χ4n) is 4.31. The first kappa shape index (κ1) is 21.1. The van der Waals surface area contributed by atoms with Crippen LogP contribution in [0.2, 0.25) is 0 Å². The summed E-state index contributed by atoms with van der Waals surface area (Å²) in [5.41, 5.74) is 3.04. The van der Waals surface area contributed by atoms with Gasteiger partial charge in [-0.3, -0.25) is 0 Å². The van der Waals surface area contributed by atoms with Gasteiger partial charge in [-0.05, 0) is 50.3 Å². The smallest absolute Gasteiger partial charge is 0.282 e. The Hall–Kier alpha value is -2.10. The Kier molecular flexibility index (Phi) is 5.78. The van der Waals surface area contributed by atoms with Gasteiger partial charge < -0.3 is 4.90 Å². The minimum Gasteiger partial charge on any atom is -0.352 e. The van der Waals surface area contributed by atoms with E-state index < -0.39 is 10.2 Å². The van der Waals surface area contributed by atoms with E-state index in [-0.39, 0.29) is 11.9 Å². The lowest BCUT2D eigenvalue weighted by Gasteiger charge is -2.32. The Labute approximate surface area is 177 Å². The highest BCUT2D eigenvalue weighted by Gasteiger charge is 2.39. The number of fused-ring (bicyclic) bond motifs is 1. The maximum Gasteiger partial charge on any atom is 0.282 e. The maximum absolute atomic E-state index is 13.3. The molecule has 0 N–H and O–H groups in total. The third-order valence-electron chi connectivity index (χ3n) is 5.91. The number of rotatable bonds is 5. The molecule has 162 valence electrons. The van der Waals surface area contributed by atoms with E-state index >= 15 is 0 Å². The molecule has 1 atom stereocenters. The van der Waals surface area contributed by atoms with Crippen LogP contribution in [0.25, 0.3) is 0 Å². The highest BCUT2D eigenvalue weighted by Crippen LogP contribution is 2.36. The largest absolute Gasteiger partial charge is 0.352 e. The van der Waals surface area contributed by atoms with Crippen LogP contribution in [0.1, 0.15) is 47.9 Å². The lowest BCUT2D eigenvalue weighted by molar-refractivity contribution is 0.352. The number of hydrogen-bond donors (Lipinski definition) is 0. The predicted molar refractivity (Wildman–Crippen MR) is 114 cm³/mol. The third-order valence-corrected chi connectivity index (χ3v) is 7.86. The average molecular weight is 434 g/mol. The van der Waals surface area contributed by atoms with Crippen LogP contribution in [-0.2, 0) is 23.2 Å². The molecule has 2 aliphatic rings. The fraction of sp³-hybridized carbons (Fsp3) is 0.524. The zero-order valence-electron chi connectivity index (χ0n) is 17.7. The van der Waals surface area contributed by atoms with Crippen molar-refractivity contribution in [2.75, 3.05) is 32.1 Å². The molecule has 1 aromatic carbocycles. The molecular formula is C21H28FN5O2S. The zero-order valence-corrected chi connectivity index (χ0v) is 18.5.